The van der Waals surface area contributed by atoms with Gasteiger partial charge in [0.15, 0.2) is 0 Å². The van der Waals surface area contributed by atoms with Gasteiger partial charge in [-0.2, -0.15) is 0 Å². The average molecular weight is 290 g/mol. The van der Waals surface area contributed by atoms with Crippen molar-refractivity contribution in [1.82, 2.24) is 10.3 Å². The van der Waals surface area contributed by atoms with Crippen LogP contribution in [0, 0.1) is 18.8 Å². The highest BCUT2D eigenvalue weighted by Crippen LogP contribution is 2.18. The van der Waals surface area contributed by atoms with E-state index >= 15 is 0 Å². The zero-order chi connectivity index (χ0) is 14.5. The van der Waals surface area contributed by atoms with Crippen molar-refractivity contribution in [3.05, 3.63) is 39.7 Å². The summed E-state index contributed by atoms with van der Waals surface area (Å²) in [7, 11) is 0. The van der Waals surface area contributed by atoms with Gasteiger partial charge in [-0.1, -0.05) is 11.8 Å². The Morgan fingerprint density at radius 1 is 1.60 bits per heavy atom. The molecule has 2 aromatic rings. The van der Waals surface area contributed by atoms with Crippen LogP contribution in [-0.4, -0.2) is 22.6 Å². The minimum absolute atomic E-state index is 0.194. The standard InChI is InChI=1S/C14H14N2O3S/c1-9-8-15-14(19-9)10(2)16-13(18)12-6-5-11(20-12)4-3-7-17/h5-6,8,10,17H,7H2,1-2H3,(H,16,18). The predicted octanol–water partition coefficient (Wildman–Crippen LogP) is 1.88. The second-order valence-corrected chi connectivity index (χ2v) is 5.21. The Hall–Kier alpha value is -2.10. The minimum Gasteiger partial charge on any atom is -0.444 e. The van der Waals surface area contributed by atoms with Gasteiger partial charge in [0.2, 0.25) is 5.89 Å². The van der Waals surface area contributed by atoms with E-state index in [9.17, 15) is 4.79 Å². The van der Waals surface area contributed by atoms with E-state index in [0.29, 0.717) is 16.5 Å². The van der Waals surface area contributed by atoms with Gasteiger partial charge in [-0.25, -0.2) is 4.98 Å². The molecule has 0 radical (unpaired) electrons. The first-order valence-electron chi connectivity index (χ1n) is 6.03. The number of oxazole rings is 1. The Kier molecular flexibility index (Phi) is 4.56. The second-order valence-electron chi connectivity index (χ2n) is 4.13. The number of hydrogen-bond donors (Lipinski definition) is 2. The van der Waals surface area contributed by atoms with Crippen LogP contribution in [0.2, 0.25) is 0 Å². The highest BCUT2D eigenvalue weighted by molar-refractivity contribution is 7.14. The number of amides is 1. The zero-order valence-electron chi connectivity index (χ0n) is 11.1. The first-order chi connectivity index (χ1) is 9.60. The average Bonchev–Trinajstić information content (AvgIpc) is 3.05. The number of nitrogens with one attached hydrogen (secondary N) is 1. The molecule has 20 heavy (non-hydrogen) atoms. The third-order valence-electron chi connectivity index (χ3n) is 2.48. The lowest BCUT2D eigenvalue weighted by molar-refractivity contribution is 0.0938. The van der Waals surface area contributed by atoms with Gasteiger partial charge >= 0.3 is 0 Å². The van der Waals surface area contributed by atoms with Gasteiger partial charge in [-0.15, -0.1) is 11.3 Å². The molecule has 1 amide bonds. The van der Waals surface area contributed by atoms with E-state index in [2.05, 4.69) is 22.1 Å². The Morgan fingerprint density at radius 3 is 3.05 bits per heavy atom. The van der Waals surface area contributed by atoms with E-state index in [1.165, 1.54) is 11.3 Å². The van der Waals surface area contributed by atoms with Gasteiger partial charge in [0.1, 0.15) is 18.4 Å². The van der Waals surface area contributed by atoms with E-state index in [0.717, 1.165) is 4.88 Å². The molecule has 2 heterocycles. The van der Waals surface area contributed by atoms with Crippen molar-refractivity contribution in [3.8, 4) is 11.8 Å². The summed E-state index contributed by atoms with van der Waals surface area (Å²) in [6, 6.07) is 3.15. The Balaban J connectivity index is 2.02. The molecule has 2 rings (SSSR count). The first-order valence-corrected chi connectivity index (χ1v) is 6.84. The highest BCUT2D eigenvalue weighted by Gasteiger charge is 2.16. The lowest BCUT2D eigenvalue weighted by Gasteiger charge is -2.08. The molecule has 2 N–H and O–H groups in total. The van der Waals surface area contributed by atoms with Crippen molar-refractivity contribution in [2.75, 3.05) is 6.61 Å². The molecule has 0 spiro atoms. The van der Waals surface area contributed by atoms with Crippen molar-refractivity contribution < 1.29 is 14.3 Å². The van der Waals surface area contributed by atoms with Gasteiger partial charge in [-0.3, -0.25) is 4.79 Å². The molecule has 0 aliphatic rings. The van der Waals surface area contributed by atoms with Crippen LogP contribution in [0.25, 0.3) is 0 Å². The predicted molar refractivity (Wildman–Crippen MR) is 75.4 cm³/mol. The molecule has 0 fully saturated rings. The van der Waals surface area contributed by atoms with Gasteiger partial charge in [0.25, 0.3) is 5.91 Å². The summed E-state index contributed by atoms with van der Waals surface area (Å²) in [4.78, 5) is 17.4. The molecule has 2 aromatic heterocycles. The van der Waals surface area contributed by atoms with Gasteiger partial charge in [0.05, 0.1) is 16.0 Å². The molecule has 0 saturated carbocycles. The normalized spacial score (nSPS) is 11.6. The second kappa shape index (κ2) is 6.37. The largest absolute Gasteiger partial charge is 0.444 e. The van der Waals surface area contributed by atoms with Crippen molar-refractivity contribution in [2.45, 2.75) is 19.9 Å². The van der Waals surface area contributed by atoms with E-state index in [-0.39, 0.29) is 18.6 Å². The molecule has 6 heteroatoms. The van der Waals surface area contributed by atoms with Crippen molar-refractivity contribution in [2.24, 2.45) is 0 Å². The summed E-state index contributed by atoms with van der Waals surface area (Å²) in [6.07, 6.45) is 1.62. The Labute approximate surface area is 120 Å². The lowest BCUT2D eigenvalue weighted by atomic mass is 10.3. The highest BCUT2D eigenvalue weighted by atomic mass is 32.1. The fraction of sp³-hybridized carbons (Fsp3) is 0.286. The number of carbonyl (C=O) groups is 1. The fourth-order valence-electron chi connectivity index (χ4n) is 1.56. The quantitative estimate of drug-likeness (QED) is 0.846. The van der Waals surface area contributed by atoms with E-state index < -0.39 is 0 Å². The maximum atomic E-state index is 12.1. The molecule has 0 aliphatic carbocycles. The molecular formula is C14H14N2O3S. The van der Waals surface area contributed by atoms with Crippen LogP contribution in [-0.2, 0) is 0 Å². The molecular weight excluding hydrogens is 276 g/mol. The number of aromatic nitrogens is 1. The van der Waals surface area contributed by atoms with Crippen LogP contribution >= 0.6 is 11.3 Å². The molecule has 0 bridgehead atoms. The molecule has 1 unspecified atom stereocenters. The molecule has 0 aromatic carbocycles. The van der Waals surface area contributed by atoms with E-state index in [1.54, 1.807) is 25.3 Å². The monoisotopic (exact) mass is 290 g/mol. The smallest absolute Gasteiger partial charge is 0.262 e. The van der Waals surface area contributed by atoms with Gasteiger partial charge in [-0.05, 0) is 26.0 Å². The van der Waals surface area contributed by atoms with Gasteiger partial charge in [0, 0.05) is 0 Å². The topological polar surface area (TPSA) is 75.4 Å². The summed E-state index contributed by atoms with van der Waals surface area (Å²) in [5.74, 6) is 6.30. The number of aliphatic hydroxyl groups excluding tert-OH is 1. The lowest BCUT2D eigenvalue weighted by Crippen LogP contribution is -2.26. The summed E-state index contributed by atoms with van der Waals surface area (Å²) >= 11 is 1.28. The third kappa shape index (κ3) is 3.47. The van der Waals surface area contributed by atoms with Crippen LogP contribution in [0.5, 0.6) is 0 Å². The molecule has 0 aliphatic heterocycles. The summed E-state index contributed by atoms with van der Waals surface area (Å²) in [5.41, 5.74) is 0. The number of nitrogens with zero attached hydrogens (tertiary/aromatic N) is 1. The third-order valence-corrected chi connectivity index (χ3v) is 3.48. The summed E-state index contributed by atoms with van der Waals surface area (Å²) in [6.45, 7) is 3.42. The molecule has 5 nitrogen and oxygen atoms in total. The van der Waals surface area contributed by atoms with Gasteiger partial charge < -0.3 is 14.8 Å². The fourth-order valence-corrected chi connectivity index (χ4v) is 2.34. The Bertz CT molecular complexity index is 663. The summed E-state index contributed by atoms with van der Waals surface area (Å²) in [5, 5.41) is 11.4. The number of aliphatic hydroxyl groups is 1. The number of hydrogen-bond acceptors (Lipinski definition) is 5. The summed E-state index contributed by atoms with van der Waals surface area (Å²) < 4.78 is 5.37. The van der Waals surface area contributed by atoms with Crippen molar-refractivity contribution in [3.63, 3.8) is 0 Å². The molecule has 0 saturated heterocycles. The van der Waals surface area contributed by atoms with Crippen LogP contribution in [0.1, 0.15) is 39.2 Å². The number of aryl methyl sites for hydroxylation is 1. The molecule has 104 valence electrons. The van der Waals surface area contributed by atoms with Crippen molar-refractivity contribution in [1.29, 1.82) is 0 Å². The maximum absolute atomic E-state index is 12.1. The number of thiophene rings is 1. The van der Waals surface area contributed by atoms with Crippen LogP contribution in [0.3, 0.4) is 0 Å². The van der Waals surface area contributed by atoms with Crippen molar-refractivity contribution >= 4 is 17.2 Å². The SMILES string of the molecule is Cc1cnc(C(C)NC(=O)c2ccc(C#CCO)s2)o1. The Morgan fingerprint density at radius 2 is 2.40 bits per heavy atom. The number of rotatable bonds is 3. The molecule has 1 atom stereocenters. The van der Waals surface area contributed by atoms with Crippen LogP contribution in [0.15, 0.2) is 22.7 Å². The number of carbonyl (C=O) groups excluding carboxylic acids is 1. The van der Waals surface area contributed by atoms with Crippen LogP contribution in [0.4, 0.5) is 0 Å². The first kappa shape index (κ1) is 14.3. The van der Waals surface area contributed by atoms with E-state index in [4.69, 9.17) is 9.52 Å². The van der Waals surface area contributed by atoms with E-state index in [1.807, 2.05) is 6.92 Å². The maximum Gasteiger partial charge on any atom is 0.262 e. The minimum atomic E-state index is -0.301. The zero-order valence-corrected chi connectivity index (χ0v) is 12.0. The van der Waals surface area contributed by atoms with Crippen LogP contribution < -0.4 is 5.32 Å².